The Labute approximate surface area is 144 Å². The van der Waals surface area contributed by atoms with Crippen LogP contribution in [0.5, 0.6) is 5.75 Å². The van der Waals surface area contributed by atoms with Crippen molar-refractivity contribution in [3.05, 3.63) is 59.7 Å². The minimum absolute atomic E-state index is 0.0371. The summed E-state index contributed by atoms with van der Waals surface area (Å²) in [6.07, 6.45) is 4.67. The zero-order chi connectivity index (χ0) is 16.8. The van der Waals surface area contributed by atoms with Gasteiger partial charge >= 0.3 is 0 Å². The van der Waals surface area contributed by atoms with Crippen molar-refractivity contribution in [2.24, 2.45) is 7.05 Å². The summed E-state index contributed by atoms with van der Waals surface area (Å²) in [7, 11) is 1.91. The van der Waals surface area contributed by atoms with Crippen molar-refractivity contribution in [2.75, 3.05) is 13.2 Å². The number of carbonyl (C=O) groups is 1. The second-order valence-electron chi connectivity index (χ2n) is 5.37. The quantitative estimate of drug-likeness (QED) is 0.719. The van der Waals surface area contributed by atoms with Gasteiger partial charge in [-0.2, -0.15) is 5.10 Å². The van der Waals surface area contributed by atoms with Gasteiger partial charge in [-0.3, -0.25) is 9.48 Å². The lowest BCUT2D eigenvalue weighted by atomic mass is 10.3. The van der Waals surface area contributed by atoms with E-state index in [1.54, 1.807) is 16.0 Å². The number of carbonyl (C=O) groups excluding carboxylic acids is 1. The Hall–Kier alpha value is -2.60. The standard InChI is InChI=1S/C18H19N3O2S/c1-21-12-14(11-20-21)17-8-7-16(24-17)9-10-19-18(22)13-23-15-5-3-2-4-6-15/h2-8,11-12H,9-10,13H2,1H3,(H,19,22). The summed E-state index contributed by atoms with van der Waals surface area (Å²) in [5.74, 6) is 0.593. The van der Waals surface area contributed by atoms with Gasteiger partial charge in [-0.05, 0) is 30.7 Å². The first-order chi connectivity index (χ1) is 11.7. The molecular weight excluding hydrogens is 322 g/mol. The average molecular weight is 341 g/mol. The van der Waals surface area contributed by atoms with Crippen molar-refractivity contribution in [2.45, 2.75) is 6.42 Å². The molecule has 2 aromatic heterocycles. The van der Waals surface area contributed by atoms with E-state index in [0.29, 0.717) is 12.3 Å². The molecule has 6 heteroatoms. The number of para-hydroxylation sites is 1. The Morgan fingerprint density at radius 1 is 1.25 bits per heavy atom. The maximum absolute atomic E-state index is 11.8. The Morgan fingerprint density at radius 3 is 2.83 bits per heavy atom. The fourth-order valence-electron chi connectivity index (χ4n) is 2.26. The molecule has 1 aromatic carbocycles. The third-order valence-corrected chi connectivity index (χ3v) is 4.65. The molecule has 1 amide bonds. The highest BCUT2D eigenvalue weighted by Crippen LogP contribution is 2.27. The normalized spacial score (nSPS) is 10.5. The first-order valence-corrected chi connectivity index (χ1v) is 8.54. The van der Waals surface area contributed by atoms with E-state index in [1.807, 2.05) is 49.8 Å². The predicted molar refractivity (Wildman–Crippen MR) is 95.2 cm³/mol. The minimum Gasteiger partial charge on any atom is -0.484 e. The molecule has 0 aliphatic heterocycles. The second-order valence-corrected chi connectivity index (χ2v) is 6.54. The Bertz CT molecular complexity index is 795. The molecule has 3 rings (SSSR count). The van der Waals surface area contributed by atoms with Gasteiger partial charge in [-0.1, -0.05) is 18.2 Å². The van der Waals surface area contributed by atoms with Crippen LogP contribution in [0.4, 0.5) is 0 Å². The van der Waals surface area contributed by atoms with Crippen LogP contribution in [0.1, 0.15) is 4.88 Å². The number of nitrogens with zero attached hydrogens (tertiary/aromatic N) is 2. The number of aromatic nitrogens is 2. The molecule has 0 atom stereocenters. The Kier molecular flexibility index (Phi) is 5.28. The van der Waals surface area contributed by atoms with Crippen molar-refractivity contribution in [3.8, 4) is 16.2 Å². The third-order valence-electron chi connectivity index (χ3n) is 3.46. The molecule has 0 unspecified atom stereocenters. The molecule has 0 saturated heterocycles. The summed E-state index contributed by atoms with van der Waals surface area (Å²) in [5, 5.41) is 7.07. The molecule has 1 N–H and O–H groups in total. The lowest BCUT2D eigenvalue weighted by Gasteiger charge is -2.06. The van der Waals surface area contributed by atoms with E-state index < -0.39 is 0 Å². The summed E-state index contributed by atoms with van der Waals surface area (Å²) in [6, 6.07) is 13.5. The van der Waals surface area contributed by atoms with Crippen LogP contribution in [0.2, 0.25) is 0 Å². The number of hydrogen-bond acceptors (Lipinski definition) is 4. The molecule has 0 aliphatic rings. The van der Waals surface area contributed by atoms with E-state index in [4.69, 9.17) is 4.74 Å². The predicted octanol–water partition coefficient (Wildman–Crippen LogP) is 2.89. The molecule has 0 radical (unpaired) electrons. The molecule has 0 fully saturated rings. The van der Waals surface area contributed by atoms with Gasteiger partial charge in [-0.25, -0.2) is 0 Å². The van der Waals surface area contributed by atoms with Crippen molar-refractivity contribution >= 4 is 17.2 Å². The molecule has 124 valence electrons. The maximum atomic E-state index is 11.8. The average Bonchev–Trinajstić information content (AvgIpc) is 3.23. The highest BCUT2D eigenvalue weighted by Gasteiger charge is 2.06. The van der Waals surface area contributed by atoms with Gasteiger partial charge in [0, 0.05) is 35.1 Å². The largest absolute Gasteiger partial charge is 0.484 e. The van der Waals surface area contributed by atoms with Crippen LogP contribution in [0.15, 0.2) is 54.9 Å². The number of rotatable bonds is 7. The lowest BCUT2D eigenvalue weighted by Crippen LogP contribution is -2.30. The van der Waals surface area contributed by atoms with E-state index >= 15 is 0 Å². The zero-order valence-electron chi connectivity index (χ0n) is 13.4. The van der Waals surface area contributed by atoms with Crippen molar-refractivity contribution in [3.63, 3.8) is 0 Å². The molecule has 3 aromatic rings. The fraction of sp³-hybridized carbons (Fsp3) is 0.222. The van der Waals surface area contributed by atoms with Gasteiger partial charge in [0.1, 0.15) is 5.75 Å². The topological polar surface area (TPSA) is 56.2 Å². The van der Waals surface area contributed by atoms with Gasteiger partial charge in [0.15, 0.2) is 6.61 Å². The smallest absolute Gasteiger partial charge is 0.257 e. The SMILES string of the molecule is Cn1cc(-c2ccc(CCNC(=O)COc3ccccc3)s2)cn1. The fourth-order valence-corrected chi connectivity index (χ4v) is 3.24. The van der Waals surface area contributed by atoms with E-state index in [1.165, 1.54) is 9.75 Å². The van der Waals surface area contributed by atoms with Crippen LogP contribution in [-0.4, -0.2) is 28.8 Å². The monoisotopic (exact) mass is 341 g/mol. The summed E-state index contributed by atoms with van der Waals surface area (Å²) in [6.45, 7) is 0.638. The lowest BCUT2D eigenvalue weighted by molar-refractivity contribution is -0.123. The summed E-state index contributed by atoms with van der Waals surface area (Å²) >= 11 is 1.73. The van der Waals surface area contributed by atoms with E-state index in [-0.39, 0.29) is 12.5 Å². The Balaban J connectivity index is 1.41. The van der Waals surface area contributed by atoms with Gasteiger partial charge in [-0.15, -0.1) is 11.3 Å². The minimum atomic E-state index is -0.108. The van der Waals surface area contributed by atoms with Crippen LogP contribution >= 0.6 is 11.3 Å². The first kappa shape index (κ1) is 16.3. The van der Waals surface area contributed by atoms with Crippen molar-refractivity contribution in [1.82, 2.24) is 15.1 Å². The molecule has 2 heterocycles. The molecule has 0 aliphatic carbocycles. The van der Waals surface area contributed by atoms with Crippen molar-refractivity contribution in [1.29, 1.82) is 0 Å². The van der Waals surface area contributed by atoms with Gasteiger partial charge in [0.2, 0.25) is 0 Å². The number of aryl methyl sites for hydroxylation is 1. The summed E-state index contributed by atoms with van der Waals surface area (Å²) in [5.41, 5.74) is 1.12. The van der Waals surface area contributed by atoms with Crippen molar-refractivity contribution < 1.29 is 9.53 Å². The second kappa shape index (κ2) is 7.79. The number of hydrogen-bond donors (Lipinski definition) is 1. The number of amides is 1. The molecule has 0 spiro atoms. The molecule has 5 nitrogen and oxygen atoms in total. The number of nitrogens with one attached hydrogen (secondary N) is 1. The van der Waals surface area contributed by atoms with Gasteiger partial charge in [0.05, 0.1) is 6.20 Å². The van der Waals surface area contributed by atoms with Crippen LogP contribution in [0, 0.1) is 0 Å². The number of ether oxygens (including phenoxy) is 1. The summed E-state index contributed by atoms with van der Waals surface area (Å²) < 4.78 is 7.21. The maximum Gasteiger partial charge on any atom is 0.257 e. The zero-order valence-corrected chi connectivity index (χ0v) is 14.3. The van der Waals surface area contributed by atoms with E-state index in [9.17, 15) is 4.79 Å². The molecule has 0 bridgehead atoms. The van der Waals surface area contributed by atoms with E-state index in [0.717, 1.165) is 12.0 Å². The molecule has 24 heavy (non-hydrogen) atoms. The molecule has 0 saturated carbocycles. The highest BCUT2D eigenvalue weighted by molar-refractivity contribution is 7.15. The van der Waals surface area contributed by atoms with Gasteiger partial charge in [0.25, 0.3) is 5.91 Å². The van der Waals surface area contributed by atoms with E-state index in [2.05, 4.69) is 22.5 Å². The Morgan fingerprint density at radius 2 is 2.08 bits per heavy atom. The number of benzene rings is 1. The van der Waals surface area contributed by atoms with Crippen LogP contribution in [0.3, 0.4) is 0 Å². The first-order valence-electron chi connectivity index (χ1n) is 7.73. The highest BCUT2D eigenvalue weighted by atomic mass is 32.1. The van der Waals surface area contributed by atoms with Crippen LogP contribution < -0.4 is 10.1 Å². The van der Waals surface area contributed by atoms with Crippen LogP contribution in [-0.2, 0) is 18.3 Å². The van der Waals surface area contributed by atoms with Gasteiger partial charge < -0.3 is 10.1 Å². The third kappa shape index (κ3) is 4.45. The summed E-state index contributed by atoms with van der Waals surface area (Å²) in [4.78, 5) is 14.2. The van der Waals surface area contributed by atoms with Crippen LogP contribution in [0.25, 0.3) is 10.4 Å². The number of thiophene rings is 1. The molecular formula is C18H19N3O2S.